The number of anilines is 2. The molecule has 5 nitrogen and oxygen atoms in total. The molecule has 0 saturated carbocycles. The van der Waals surface area contributed by atoms with Gasteiger partial charge in [-0.1, -0.05) is 18.2 Å². The van der Waals surface area contributed by atoms with Gasteiger partial charge in [-0.2, -0.15) is 0 Å². The minimum atomic E-state index is -0.339. The average molecular weight is 371 g/mol. The van der Waals surface area contributed by atoms with E-state index < -0.39 is 0 Å². The van der Waals surface area contributed by atoms with Crippen LogP contribution in [0.25, 0.3) is 0 Å². The van der Waals surface area contributed by atoms with Gasteiger partial charge in [0.15, 0.2) is 0 Å². The molecule has 2 aromatic heterocycles. The van der Waals surface area contributed by atoms with E-state index in [2.05, 4.69) is 16.0 Å². The van der Waals surface area contributed by atoms with Gasteiger partial charge >= 0.3 is 6.03 Å². The summed E-state index contributed by atoms with van der Waals surface area (Å²) in [7, 11) is 0. The van der Waals surface area contributed by atoms with Crippen molar-refractivity contribution in [3.8, 4) is 0 Å². The van der Waals surface area contributed by atoms with Crippen molar-refractivity contribution in [2.75, 3.05) is 10.6 Å². The predicted octanol–water partition coefficient (Wildman–Crippen LogP) is 4.69. The highest BCUT2D eigenvalue weighted by atomic mass is 32.1. The number of carbonyl (C=O) groups excluding carboxylic acids is 2. The van der Waals surface area contributed by atoms with Crippen LogP contribution in [0.2, 0.25) is 0 Å². The van der Waals surface area contributed by atoms with Crippen LogP contribution >= 0.6 is 22.7 Å². The van der Waals surface area contributed by atoms with Crippen LogP contribution in [-0.2, 0) is 6.54 Å². The highest BCUT2D eigenvalue weighted by molar-refractivity contribution is 7.18. The maximum Gasteiger partial charge on any atom is 0.324 e. The Morgan fingerprint density at radius 3 is 2.44 bits per heavy atom. The lowest BCUT2D eigenvalue weighted by atomic mass is 10.3. The number of amides is 3. The first-order valence-corrected chi connectivity index (χ1v) is 9.30. The second-order valence-electron chi connectivity index (χ2n) is 5.30. The summed E-state index contributed by atoms with van der Waals surface area (Å²) in [6.07, 6.45) is 0. The minimum Gasteiger partial charge on any atom is -0.346 e. The van der Waals surface area contributed by atoms with Gasteiger partial charge < -0.3 is 10.6 Å². The molecule has 25 heavy (non-hydrogen) atoms. The molecule has 0 unspecified atom stereocenters. The fourth-order valence-electron chi connectivity index (χ4n) is 2.16. The zero-order valence-electron chi connectivity index (χ0n) is 13.5. The SMILES string of the molecule is Cc1ccc(CNC(=O)c2ccc(NC(=O)Nc3ccccc3)s2)s1. The van der Waals surface area contributed by atoms with Gasteiger partial charge in [0, 0.05) is 15.4 Å². The summed E-state index contributed by atoms with van der Waals surface area (Å²) in [5.41, 5.74) is 0.709. The van der Waals surface area contributed by atoms with Crippen LogP contribution in [0, 0.1) is 6.92 Å². The van der Waals surface area contributed by atoms with E-state index in [-0.39, 0.29) is 11.9 Å². The number of urea groups is 1. The topological polar surface area (TPSA) is 70.2 Å². The first-order valence-electron chi connectivity index (χ1n) is 7.66. The van der Waals surface area contributed by atoms with Gasteiger partial charge in [0.05, 0.1) is 16.4 Å². The molecule has 1 aromatic carbocycles. The number of para-hydroxylation sites is 1. The maximum absolute atomic E-state index is 12.2. The first kappa shape index (κ1) is 17.2. The summed E-state index contributed by atoms with van der Waals surface area (Å²) in [6, 6.07) is 16.3. The van der Waals surface area contributed by atoms with Crippen LogP contribution in [0.1, 0.15) is 19.4 Å². The lowest BCUT2D eigenvalue weighted by molar-refractivity contribution is 0.0955. The van der Waals surface area contributed by atoms with E-state index in [1.807, 2.05) is 37.3 Å². The number of thiophene rings is 2. The van der Waals surface area contributed by atoms with Gasteiger partial charge in [0.1, 0.15) is 0 Å². The minimum absolute atomic E-state index is 0.146. The van der Waals surface area contributed by atoms with E-state index in [1.54, 1.807) is 35.6 Å². The third-order valence-corrected chi connectivity index (χ3v) is 5.32. The van der Waals surface area contributed by atoms with Crippen molar-refractivity contribution in [1.29, 1.82) is 0 Å². The van der Waals surface area contributed by atoms with Gasteiger partial charge in [-0.25, -0.2) is 4.79 Å². The summed E-state index contributed by atoms with van der Waals surface area (Å²) in [6.45, 7) is 2.54. The van der Waals surface area contributed by atoms with E-state index in [9.17, 15) is 9.59 Å². The number of aryl methyl sites for hydroxylation is 1. The summed E-state index contributed by atoms with van der Waals surface area (Å²) >= 11 is 2.90. The molecule has 128 valence electrons. The first-order chi connectivity index (χ1) is 12.1. The molecule has 0 aliphatic carbocycles. The number of hydrogen-bond donors (Lipinski definition) is 3. The van der Waals surface area contributed by atoms with Crippen molar-refractivity contribution in [2.45, 2.75) is 13.5 Å². The molecule has 3 amide bonds. The molecule has 0 aliphatic rings. The zero-order valence-corrected chi connectivity index (χ0v) is 15.2. The number of hydrogen-bond acceptors (Lipinski definition) is 4. The smallest absolute Gasteiger partial charge is 0.324 e. The molecule has 0 bridgehead atoms. The van der Waals surface area contributed by atoms with Crippen LogP contribution in [-0.4, -0.2) is 11.9 Å². The second kappa shape index (κ2) is 7.96. The average Bonchev–Trinajstić information content (AvgIpc) is 3.22. The summed E-state index contributed by atoms with van der Waals surface area (Å²) < 4.78 is 0. The van der Waals surface area contributed by atoms with Gasteiger partial charge in [0.2, 0.25) is 0 Å². The molecular formula is C18H17N3O2S2. The second-order valence-corrected chi connectivity index (χ2v) is 7.76. The van der Waals surface area contributed by atoms with E-state index in [1.165, 1.54) is 16.2 Å². The molecule has 3 N–H and O–H groups in total. The van der Waals surface area contributed by atoms with E-state index >= 15 is 0 Å². The molecule has 0 radical (unpaired) electrons. The standard InChI is InChI=1S/C18H17N3O2S2/c1-12-7-8-14(24-12)11-19-17(22)15-9-10-16(25-15)21-18(23)20-13-5-3-2-4-6-13/h2-10H,11H2,1H3,(H,19,22)(H2,20,21,23). The lowest BCUT2D eigenvalue weighted by Gasteiger charge is -2.05. The maximum atomic E-state index is 12.2. The Morgan fingerprint density at radius 1 is 0.920 bits per heavy atom. The van der Waals surface area contributed by atoms with Crippen LogP contribution in [0.3, 0.4) is 0 Å². The van der Waals surface area contributed by atoms with Crippen LogP contribution in [0.15, 0.2) is 54.6 Å². The fraction of sp³-hybridized carbons (Fsp3) is 0.111. The molecule has 0 aliphatic heterocycles. The Balaban J connectivity index is 1.52. The highest BCUT2D eigenvalue weighted by Gasteiger charge is 2.11. The number of nitrogens with one attached hydrogen (secondary N) is 3. The van der Waals surface area contributed by atoms with Crippen LogP contribution in [0.5, 0.6) is 0 Å². The van der Waals surface area contributed by atoms with Gasteiger partial charge in [0.25, 0.3) is 5.91 Å². The number of rotatable bonds is 5. The third-order valence-electron chi connectivity index (χ3n) is 3.32. The molecule has 0 atom stereocenters. The van der Waals surface area contributed by atoms with Crippen LogP contribution < -0.4 is 16.0 Å². The molecule has 3 aromatic rings. The summed E-state index contributed by atoms with van der Waals surface area (Å²) in [4.78, 5) is 27.0. The Kier molecular flexibility index (Phi) is 5.47. The summed E-state index contributed by atoms with van der Waals surface area (Å²) in [5.74, 6) is -0.146. The Labute approximate surface area is 153 Å². The van der Waals surface area contributed by atoms with Crippen molar-refractivity contribution in [2.24, 2.45) is 0 Å². The zero-order chi connectivity index (χ0) is 17.6. The van der Waals surface area contributed by atoms with Crippen molar-refractivity contribution < 1.29 is 9.59 Å². The van der Waals surface area contributed by atoms with Gasteiger partial charge in [-0.05, 0) is 43.3 Å². The number of carbonyl (C=O) groups is 2. The molecule has 0 spiro atoms. The quantitative estimate of drug-likeness (QED) is 0.609. The third kappa shape index (κ3) is 4.91. The molecule has 7 heteroatoms. The normalized spacial score (nSPS) is 10.3. The van der Waals surface area contributed by atoms with E-state index in [0.29, 0.717) is 22.1 Å². The number of benzene rings is 1. The monoisotopic (exact) mass is 371 g/mol. The molecular weight excluding hydrogens is 354 g/mol. The highest BCUT2D eigenvalue weighted by Crippen LogP contribution is 2.22. The molecule has 2 heterocycles. The molecule has 0 fully saturated rings. The lowest BCUT2D eigenvalue weighted by Crippen LogP contribution is -2.21. The Hall–Kier alpha value is -2.64. The predicted molar refractivity (Wildman–Crippen MR) is 104 cm³/mol. The van der Waals surface area contributed by atoms with E-state index in [4.69, 9.17) is 0 Å². The van der Waals surface area contributed by atoms with Crippen molar-refractivity contribution >= 4 is 45.3 Å². The Morgan fingerprint density at radius 2 is 1.72 bits per heavy atom. The largest absolute Gasteiger partial charge is 0.346 e. The van der Waals surface area contributed by atoms with Crippen LogP contribution in [0.4, 0.5) is 15.5 Å². The van der Waals surface area contributed by atoms with Gasteiger partial charge in [-0.3, -0.25) is 10.1 Å². The van der Waals surface area contributed by atoms with Crippen molar-refractivity contribution in [1.82, 2.24) is 5.32 Å². The Bertz CT molecular complexity index is 871. The fourth-order valence-corrected chi connectivity index (χ4v) is 3.81. The molecule has 3 rings (SSSR count). The molecule has 0 saturated heterocycles. The van der Waals surface area contributed by atoms with Gasteiger partial charge in [-0.15, -0.1) is 22.7 Å². The van der Waals surface area contributed by atoms with Crippen molar-refractivity contribution in [3.05, 3.63) is 69.2 Å². The van der Waals surface area contributed by atoms with E-state index in [0.717, 1.165) is 4.88 Å². The summed E-state index contributed by atoms with van der Waals surface area (Å²) in [5, 5.41) is 8.97. The van der Waals surface area contributed by atoms with Crippen molar-refractivity contribution in [3.63, 3.8) is 0 Å².